The predicted octanol–water partition coefficient (Wildman–Crippen LogP) is 5.74. The van der Waals surface area contributed by atoms with E-state index in [4.69, 9.17) is 9.72 Å². The smallest absolute Gasteiger partial charge is 0.255 e. The van der Waals surface area contributed by atoms with E-state index in [2.05, 4.69) is 31.1 Å². The van der Waals surface area contributed by atoms with Crippen LogP contribution in [0.1, 0.15) is 18.5 Å². The van der Waals surface area contributed by atoms with Gasteiger partial charge in [0, 0.05) is 15.9 Å². The van der Waals surface area contributed by atoms with E-state index in [1.54, 1.807) is 7.11 Å². The Bertz CT molecular complexity index is 1360. The summed E-state index contributed by atoms with van der Waals surface area (Å²) in [5, 5.41) is 6.38. The van der Waals surface area contributed by atoms with Crippen molar-refractivity contribution in [3.63, 3.8) is 0 Å². The number of hydrogen-bond acceptors (Lipinski definition) is 4. The number of aromatic nitrogens is 2. The summed E-state index contributed by atoms with van der Waals surface area (Å²) in [5.74, 6) is 1.28. The lowest BCUT2D eigenvalue weighted by Crippen LogP contribution is -2.30. The van der Waals surface area contributed by atoms with E-state index in [0.29, 0.717) is 11.3 Å². The molecule has 6 nitrogen and oxygen atoms in total. The third kappa shape index (κ3) is 3.54. The maximum atomic E-state index is 13.6. The number of anilines is 2. The highest BCUT2D eigenvalue weighted by molar-refractivity contribution is 9.10. The first kappa shape index (κ1) is 20.3. The van der Waals surface area contributed by atoms with Gasteiger partial charge in [-0.3, -0.25) is 9.36 Å². The average Bonchev–Trinajstić information content (AvgIpc) is 3.16. The number of nitrogens with one attached hydrogen (secondary N) is 2. The van der Waals surface area contributed by atoms with Crippen molar-refractivity contribution in [3.05, 3.63) is 94.1 Å². The minimum absolute atomic E-state index is 0.173. The molecule has 3 aromatic carbocycles. The van der Waals surface area contributed by atoms with Gasteiger partial charge in [0.25, 0.3) is 5.91 Å². The highest BCUT2D eigenvalue weighted by atomic mass is 79.9. The molecule has 7 heteroatoms. The molecule has 5 rings (SSSR count). The van der Waals surface area contributed by atoms with Crippen LogP contribution >= 0.6 is 15.9 Å². The monoisotopic (exact) mass is 488 g/mol. The minimum atomic E-state index is -0.339. The standard InChI is InChI=1S/C25H21BrN4O2/c1-15-22(24(31)28-18-10-12-19(32-2)13-11-18)23(16-6-5-7-17(26)14-16)30-21-9-4-3-8-20(21)29-25(30)27-15/h3-14,23H,1-2H3,(H,27,29)(H,28,31). The Hall–Kier alpha value is -3.58. The van der Waals surface area contributed by atoms with E-state index in [1.807, 2.05) is 79.7 Å². The molecule has 32 heavy (non-hydrogen) atoms. The average molecular weight is 489 g/mol. The van der Waals surface area contributed by atoms with Gasteiger partial charge in [0.05, 0.1) is 29.8 Å². The number of ether oxygens (including phenoxy) is 1. The third-order valence-corrected chi connectivity index (χ3v) is 6.08. The maximum absolute atomic E-state index is 13.6. The molecule has 0 saturated heterocycles. The molecule has 0 radical (unpaired) electrons. The first-order valence-corrected chi connectivity index (χ1v) is 11.0. The highest BCUT2D eigenvalue weighted by Crippen LogP contribution is 2.40. The second-order valence-electron chi connectivity index (χ2n) is 7.60. The van der Waals surface area contributed by atoms with Crippen LogP contribution in [0.5, 0.6) is 5.75 Å². The highest BCUT2D eigenvalue weighted by Gasteiger charge is 2.34. The van der Waals surface area contributed by atoms with Crippen LogP contribution in [0.3, 0.4) is 0 Å². The van der Waals surface area contributed by atoms with Gasteiger partial charge in [-0.25, -0.2) is 4.98 Å². The second-order valence-corrected chi connectivity index (χ2v) is 8.51. The van der Waals surface area contributed by atoms with Crippen molar-refractivity contribution in [2.75, 3.05) is 17.7 Å². The molecule has 1 aromatic heterocycles. The molecule has 1 aliphatic rings. The maximum Gasteiger partial charge on any atom is 0.255 e. The summed E-state index contributed by atoms with van der Waals surface area (Å²) in [6.45, 7) is 1.91. The number of amides is 1. The Balaban J connectivity index is 1.63. The van der Waals surface area contributed by atoms with E-state index < -0.39 is 0 Å². The van der Waals surface area contributed by atoms with Crippen LogP contribution < -0.4 is 15.4 Å². The summed E-state index contributed by atoms with van der Waals surface area (Å²) in [7, 11) is 1.62. The predicted molar refractivity (Wildman–Crippen MR) is 130 cm³/mol. The van der Waals surface area contributed by atoms with Crippen LogP contribution in [0.25, 0.3) is 11.0 Å². The van der Waals surface area contributed by atoms with E-state index in [9.17, 15) is 4.79 Å². The summed E-state index contributed by atoms with van der Waals surface area (Å²) in [4.78, 5) is 18.3. The number of fused-ring (bicyclic) bond motifs is 3. The Labute approximate surface area is 194 Å². The molecule has 0 aliphatic carbocycles. The van der Waals surface area contributed by atoms with Crippen molar-refractivity contribution in [1.82, 2.24) is 9.55 Å². The number of para-hydroxylation sites is 2. The lowest BCUT2D eigenvalue weighted by molar-refractivity contribution is -0.113. The zero-order valence-electron chi connectivity index (χ0n) is 17.6. The third-order valence-electron chi connectivity index (χ3n) is 5.59. The topological polar surface area (TPSA) is 68.2 Å². The van der Waals surface area contributed by atoms with Gasteiger partial charge in [0.2, 0.25) is 5.95 Å². The zero-order chi connectivity index (χ0) is 22.2. The van der Waals surface area contributed by atoms with Crippen molar-refractivity contribution in [1.29, 1.82) is 0 Å². The molecule has 160 valence electrons. The van der Waals surface area contributed by atoms with Crippen LogP contribution in [0.15, 0.2) is 88.5 Å². The Morgan fingerprint density at radius 2 is 1.88 bits per heavy atom. The van der Waals surface area contributed by atoms with Gasteiger partial charge in [-0.1, -0.05) is 40.2 Å². The van der Waals surface area contributed by atoms with Crippen molar-refractivity contribution in [3.8, 4) is 5.75 Å². The molecule has 2 heterocycles. The molecule has 1 amide bonds. The van der Waals surface area contributed by atoms with Gasteiger partial charge < -0.3 is 15.4 Å². The van der Waals surface area contributed by atoms with Crippen molar-refractivity contribution in [2.45, 2.75) is 13.0 Å². The molecule has 1 unspecified atom stereocenters. The van der Waals surface area contributed by atoms with Crippen LogP contribution in [0.2, 0.25) is 0 Å². The van der Waals surface area contributed by atoms with Gasteiger partial charge in [-0.2, -0.15) is 0 Å². The number of nitrogens with zero attached hydrogens (tertiary/aromatic N) is 2. The Kier molecular flexibility index (Phi) is 5.19. The first-order chi connectivity index (χ1) is 15.5. The van der Waals surface area contributed by atoms with E-state index in [0.717, 1.165) is 38.5 Å². The molecule has 4 aromatic rings. The fraction of sp³-hybridized carbons (Fsp3) is 0.120. The van der Waals surface area contributed by atoms with Gasteiger partial charge in [-0.15, -0.1) is 0 Å². The quantitative estimate of drug-likeness (QED) is 0.384. The number of benzene rings is 3. The minimum Gasteiger partial charge on any atom is -0.497 e. The number of imidazole rings is 1. The van der Waals surface area contributed by atoms with Crippen LogP contribution in [-0.2, 0) is 4.79 Å². The van der Waals surface area contributed by atoms with Crippen LogP contribution in [0.4, 0.5) is 11.6 Å². The summed E-state index contributed by atoms with van der Waals surface area (Å²) < 4.78 is 8.26. The molecule has 0 spiro atoms. The van der Waals surface area contributed by atoms with E-state index >= 15 is 0 Å². The summed E-state index contributed by atoms with van der Waals surface area (Å²) in [6.07, 6.45) is 0. The van der Waals surface area contributed by atoms with Crippen LogP contribution in [-0.4, -0.2) is 22.6 Å². The number of allylic oxidation sites excluding steroid dienone is 1. The molecular weight excluding hydrogens is 468 g/mol. The van der Waals surface area contributed by atoms with E-state index in [-0.39, 0.29) is 11.9 Å². The lowest BCUT2D eigenvalue weighted by Gasteiger charge is -2.31. The number of carbonyl (C=O) groups is 1. The normalized spacial score (nSPS) is 15.3. The Morgan fingerprint density at radius 1 is 1.09 bits per heavy atom. The van der Waals surface area contributed by atoms with Gasteiger partial charge in [0.1, 0.15) is 5.75 Å². The molecule has 1 aliphatic heterocycles. The molecular formula is C25H21BrN4O2. The zero-order valence-corrected chi connectivity index (χ0v) is 19.2. The van der Waals surface area contributed by atoms with Crippen molar-refractivity contribution in [2.24, 2.45) is 0 Å². The lowest BCUT2D eigenvalue weighted by atomic mass is 9.94. The molecule has 1 atom stereocenters. The van der Waals surface area contributed by atoms with Crippen molar-refractivity contribution >= 4 is 44.5 Å². The first-order valence-electron chi connectivity index (χ1n) is 10.2. The molecule has 0 fully saturated rings. The molecule has 0 saturated carbocycles. The number of rotatable bonds is 4. The van der Waals surface area contributed by atoms with Gasteiger partial charge in [0.15, 0.2) is 0 Å². The van der Waals surface area contributed by atoms with Crippen LogP contribution in [0, 0.1) is 0 Å². The molecule has 0 bridgehead atoms. The molecule has 2 N–H and O–H groups in total. The number of halogens is 1. The SMILES string of the molecule is COc1ccc(NC(=O)C2=C(C)Nc3nc4ccccc4n3C2c2cccc(Br)c2)cc1. The fourth-order valence-corrected chi connectivity index (χ4v) is 4.54. The van der Waals surface area contributed by atoms with E-state index in [1.165, 1.54) is 0 Å². The summed E-state index contributed by atoms with van der Waals surface area (Å²) in [6, 6.07) is 23.0. The van der Waals surface area contributed by atoms with Crippen molar-refractivity contribution < 1.29 is 9.53 Å². The second kappa shape index (κ2) is 8.16. The largest absolute Gasteiger partial charge is 0.497 e. The number of hydrogen-bond donors (Lipinski definition) is 2. The summed E-state index contributed by atoms with van der Waals surface area (Å²) >= 11 is 3.58. The summed E-state index contributed by atoms with van der Waals surface area (Å²) in [5.41, 5.74) is 4.93. The number of carbonyl (C=O) groups excluding carboxylic acids is 1. The fourth-order valence-electron chi connectivity index (χ4n) is 4.12. The Morgan fingerprint density at radius 3 is 2.62 bits per heavy atom. The van der Waals surface area contributed by atoms with Gasteiger partial charge >= 0.3 is 0 Å². The number of methoxy groups -OCH3 is 1. The van der Waals surface area contributed by atoms with Gasteiger partial charge in [-0.05, 0) is 61.0 Å².